The van der Waals surface area contributed by atoms with Crippen LogP contribution in [0.2, 0.25) is 0 Å². The Morgan fingerprint density at radius 3 is 2.88 bits per heavy atom. The molecule has 1 aromatic carbocycles. The van der Waals surface area contributed by atoms with Crippen molar-refractivity contribution in [3.63, 3.8) is 0 Å². The van der Waals surface area contributed by atoms with Gasteiger partial charge in [0.1, 0.15) is 0 Å². The minimum absolute atomic E-state index is 0.121. The molecular weight excluding hydrogens is 212 g/mol. The summed E-state index contributed by atoms with van der Waals surface area (Å²) in [7, 11) is 0. The maximum absolute atomic E-state index is 12.0. The summed E-state index contributed by atoms with van der Waals surface area (Å²) >= 11 is 0. The molecule has 3 nitrogen and oxygen atoms in total. The van der Waals surface area contributed by atoms with E-state index in [1.165, 1.54) is 5.56 Å². The molecule has 88 valence electrons. The Bertz CT molecular complexity index is 529. The molecule has 0 unspecified atom stereocenters. The number of aromatic nitrogens is 2. The van der Waals surface area contributed by atoms with Crippen LogP contribution in [0.15, 0.2) is 36.7 Å². The number of hydrogen-bond acceptors (Lipinski definition) is 2. The number of hydrogen-bond donors (Lipinski definition) is 0. The zero-order valence-corrected chi connectivity index (χ0v) is 10.2. The van der Waals surface area contributed by atoms with Gasteiger partial charge in [-0.1, -0.05) is 29.8 Å². The molecule has 0 N–H and O–H groups in total. The van der Waals surface area contributed by atoms with Gasteiger partial charge < -0.3 is 0 Å². The van der Waals surface area contributed by atoms with Crippen molar-refractivity contribution in [1.29, 1.82) is 0 Å². The molecule has 0 fully saturated rings. The van der Waals surface area contributed by atoms with Crippen molar-refractivity contribution in [2.45, 2.75) is 26.8 Å². The third-order valence-electron chi connectivity index (χ3n) is 2.73. The molecule has 0 bridgehead atoms. The van der Waals surface area contributed by atoms with Gasteiger partial charge >= 0.3 is 0 Å². The molecule has 0 saturated heterocycles. The second kappa shape index (κ2) is 4.95. The van der Waals surface area contributed by atoms with Crippen molar-refractivity contribution in [3.8, 4) is 0 Å². The molecule has 17 heavy (non-hydrogen) atoms. The molecule has 0 spiro atoms. The van der Waals surface area contributed by atoms with Crippen molar-refractivity contribution in [3.05, 3.63) is 53.3 Å². The van der Waals surface area contributed by atoms with Gasteiger partial charge in [0, 0.05) is 19.2 Å². The highest BCUT2D eigenvalue weighted by Gasteiger charge is 2.09. The van der Waals surface area contributed by atoms with Crippen molar-refractivity contribution in [1.82, 2.24) is 9.78 Å². The van der Waals surface area contributed by atoms with E-state index in [1.54, 1.807) is 17.1 Å². The third kappa shape index (κ3) is 2.81. The molecule has 2 rings (SSSR count). The van der Waals surface area contributed by atoms with E-state index in [1.807, 2.05) is 38.1 Å². The molecule has 0 radical (unpaired) electrons. The predicted octanol–water partition coefficient (Wildman–Crippen LogP) is 2.64. The summed E-state index contributed by atoms with van der Waals surface area (Å²) in [4.78, 5) is 12.0. The molecule has 0 aliphatic carbocycles. The first-order valence-corrected chi connectivity index (χ1v) is 5.80. The van der Waals surface area contributed by atoms with Crippen LogP contribution in [0.5, 0.6) is 0 Å². The monoisotopic (exact) mass is 228 g/mol. The standard InChI is InChI=1S/C14H16N2O/c1-3-16-10-13(9-15-16)14(17)8-12-6-4-5-11(2)7-12/h4-7,9-10H,3,8H2,1-2H3. The van der Waals surface area contributed by atoms with Crippen LogP contribution in [0.3, 0.4) is 0 Å². The van der Waals surface area contributed by atoms with Crippen LogP contribution in [0.4, 0.5) is 0 Å². The summed E-state index contributed by atoms with van der Waals surface area (Å²) in [5.41, 5.74) is 2.92. The molecule has 0 amide bonds. The Morgan fingerprint density at radius 2 is 2.24 bits per heavy atom. The summed E-state index contributed by atoms with van der Waals surface area (Å²) in [5, 5.41) is 4.11. The number of ketones is 1. The van der Waals surface area contributed by atoms with E-state index in [4.69, 9.17) is 0 Å². The van der Waals surface area contributed by atoms with Crippen LogP contribution in [0.1, 0.15) is 28.4 Å². The SMILES string of the molecule is CCn1cc(C(=O)Cc2cccc(C)c2)cn1. The van der Waals surface area contributed by atoms with E-state index in [9.17, 15) is 4.79 Å². The Balaban J connectivity index is 2.11. The fourth-order valence-electron chi connectivity index (χ4n) is 1.79. The number of nitrogens with zero attached hydrogens (tertiary/aromatic N) is 2. The Morgan fingerprint density at radius 1 is 1.41 bits per heavy atom. The van der Waals surface area contributed by atoms with E-state index in [0.29, 0.717) is 12.0 Å². The first-order chi connectivity index (χ1) is 8.19. The molecule has 3 heteroatoms. The summed E-state index contributed by atoms with van der Waals surface area (Å²) in [6.45, 7) is 4.82. The second-order valence-electron chi connectivity index (χ2n) is 4.17. The molecule has 0 saturated carbocycles. The quantitative estimate of drug-likeness (QED) is 0.754. The van der Waals surface area contributed by atoms with Crippen molar-refractivity contribution >= 4 is 5.78 Å². The Hall–Kier alpha value is -1.90. The van der Waals surface area contributed by atoms with E-state index >= 15 is 0 Å². The van der Waals surface area contributed by atoms with Gasteiger partial charge in [0.2, 0.25) is 0 Å². The molecular formula is C14H16N2O. The van der Waals surface area contributed by atoms with Gasteiger partial charge in [0.15, 0.2) is 5.78 Å². The van der Waals surface area contributed by atoms with Gasteiger partial charge in [0.25, 0.3) is 0 Å². The minimum atomic E-state index is 0.121. The highest BCUT2D eigenvalue weighted by molar-refractivity contribution is 5.97. The fraction of sp³-hybridized carbons (Fsp3) is 0.286. The van der Waals surface area contributed by atoms with E-state index < -0.39 is 0 Å². The largest absolute Gasteiger partial charge is 0.294 e. The lowest BCUT2D eigenvalue weighted by Crippen LogP contribution is -2.02. The van der Waals surface area contributed by atoms with Gasteiger partial charge in [-0.15, -0.1) is 0 Å². The summed E-state index contributed by atoms with van der Waals surface area (Å²) in [5.74, 6) is 0.121. The lowest BCUT2D eigenvalue weighted by atomic mass is 10.0. The lowest BCUT2D eigenvalue weighted by molar-refractivity contribution is 0.0993. The maximum Gasteiger partial charge on any atom is 0.170 e. The van der Waals surface area contributed by atoms with Crippen molar-refractivity contribution in [2.75, 3.05) is 0 Å². The topological polar surface area (TPSA) is 34.9 Å². The van der Waals surface area contributed by atoms with Gasteiger partial charge in [-0.25, -0.2) is 0 Å². The first-order valence-electron chi connectivity index (χ1n) is 5.80. The number of carbonyl (C=O) groups is 1. The lowest BCUT2D eigenvalue weighted by Gasteiger charge is -2.00. The van der Waals surface area contributed by atoms with Gasteiger partial charge in [-0.3, -0.25) is 9.48 Å². The highest BCUT2D eigenvalue weighted by Crippen LogP contribution is 2.09. The molecule has 0 aliphatic heterocycles. The van der Waals surface area contributed by atoms with Gasteiger partial charge in [-0.05, 0) is 19.4 Å². The first kappa shape index (κ1) is 11.6. The van der Waals surface area contributed by atoms with E-state index in [-0.39, 0.29) is 5.78 Å². The Labute approximate surface area is 101 Å². The average Bonchev–Trinajstić information content (AvgIpc) is 2.77. The smallest absolute Gasteiger partial charge is 0.170 e. The van der Waals surface area contributed by atoms with Crippen LogP contribution >= 0.6 is 0 Å². The normalized spacial score (nSPS) is 10.5. The maximum atomic E-state index is 12.0. The number of rotatable bonds is 4. The zero-order chi connectivity index (χ0) is 12.3. The second-order valence-corrected chi connectivity index (χ2v) is 4.17. The van der Waals surface area contributed by atoms with Crippen LogP contribution in [-0.4, -0.2) is 15.6 Å². The fourth-order valence-corrected chi connectivity index (χ4v) is 1.79. The van der Waals surface area contributed by atoms with E-state index in [2.05, 4.69) is 5.10 Å². The van der Waals surface area contributed by atoms with Crippen LogP contribution in [0.25, 0.3) is 0 Å². The molecule has 1 aromatic heterocycles. The predicted molar refractivity (Wildman–Crippen MR) is 67.1 cm³/mol. The molecule has 0 aliphatic rings. The number of aryl methyl sites for hydroxylation is 2. The number of benzene rings is 1. The highest BCUT2D eigenvalue weighted by atomic mass is 16.1. The van der Waals surface area contributed by atoms with E-state index in [0.717, 1.165) is 12.1 Å². The minimum Gasteiger partial charge on any atom is -0.294 e. The molecule has 1 heterocycles. The average molecular weight is 228 g/mol. The van der Waals surface area contributed by atoms with Crippen LogP contribution in [0, 0.1) is 6.92 Å². The Kier molecular flexibility index (Phi) is 3.38. The van der Waals surface area contributed by atoms with Gasteiger partial charge in [0.05, 0.1) is 11.8 Å². The summed E-state index contributed by atoms with van der Waals surface area (Å²) in [6, 6.07) is 8.04. The third-order valence-corrected chi connectivity index (χ3v) is 2.73. The molecule has 2 aromatic rings. The summed E-state index contributed by atoms with van der Waals surface area (Å²) < 4.78 is 1.77. The van der Waals surface area contributed by atoms with Crippen molar-refractivity contribution in [2.24, 2.45) is 0 Å². The summed E-state index contributed by atoms with van der Waals surface area (Å²) in [6.07, 6.45) is 3.89. The van der Waals surface area contributed by atoms with Crippen LogP contribution in [-0.2, 0) is 13.0 Å². The zero-order valence-electron chi connectivity index (χ0n) is 10.2. The molecule has 0 atom stereocenters. The number of Topliss-reactive ketones (excluding diaryl/α,β-unsaturated/α-hetero) is 1. The number of carbonyl (C=O) groups excluding carboxylic acids is 1. The van der Waals surface area contributed by atoms with Gasteiger partial charge in [-0.2, -0.15) is 5.10 Å². The van der Waals surface area contributed by atoms with Crippen molar-refractivity contribution < 1.29 is 4.79 Å². The van der Waals surface area contributed by atoms with Crippen LogP contribution < -0.4 is 0 Å².